The van der Waals surface area contributed by atoms with Crippen molar-refractivity contribution in [2.75, 3.05) is 0 Å². The monoisotopic (exact) mass is 396 g/mol. The van der Waals surface area contributed by atoms with Crippen molar-refractivity contribution in [3.63, 3.8) is 0 Å². The Bertz CT molecular complexity index is 977. The molecule has 1 aromatic carbocycles. The molecule has 4 fully saturated rings. The van der Waals surface area contributed by atoms with Gasteiger partial charge in [0.1, 0.15) is 5.82 Å². The first kappa shape index (κ1) is 18.1. The van der Waals surface area contributed by atoms with Crippen LogP contribution in [0.1, 0.15) is 64.0 Å². The zero-order chi connectivity index (χ0) is 20.2. The molecule has 0 saturated heterocycles. The lowest BCUT2D eigenvalue weighted by molar-refractivity contribution is -0.241. The van der Waals surface area contributed by atoms with E-state index in [1.807, 2.05) is 24.5 Å². The highest BCUT2D eigenvalue weighted by Gasteiger charge is 2.64. The molecule has 7 rings (SSSR count). The first-order chi connectivity index (χ1) is 13.7. The van der Waals surface area contributed by atoms with Crippen LogP contribution >= 0.6 is 0 Å². The molecule has 4 bridgehead atoms. The minimum Gasteiger partial charge on any atom is -0.390 e. The summed E-state index contributed by atoms with van der Waals surface area (Å²) >= 11 is 0. The normalized spacial score (nSPS) is 41.3. The third-order valence-corrected chi connectivity index (χ3v) is 9.24. The van der Waals surface area contributed by atoms with Gasteiger partial charge in [0, 0.05) is 17.5 Å². The van der Waals surface area contributed by atoms with Crippen LogP contribution in [0.15, 0.2) is 30.7 Å². The molecule has 0 spiro atoms. The number of imidazole rings is 1. The molecule has 4 saturated carbocycles. The van der Waals surface area contributed by atoms with E-state index in [9.17, 15) is 14.6 Å². The molecule has 0 amide bonds. The van der Waals surface area contributed by atoms with Gasteiger partial charge in [-0.05, 0) is 75.2 Å². The molecule has 4 atom stereocenters. The summed E-state index contributed by atoms with van der Waals surface area (Å²) < 4.78 is 16.9. The fraction of sp³-hybridized carbons (Fsp3) is 0.625. The van der Waals surface area contributed by atoms with E-state index in [0.29, 0.717) is 17.9 Å². The van der Waals surface area contributed by atoms with Crippen molar-refractivity contribution in [3.05, 3.63) is 42.1 Å². The topological polar surface area (TPSA) is 58.3 Å². The van der Waals surface area contributed by atoms with Crippen LogP contribution in [0.4, 0.5) is 4.39 Å². The fourth-order valence-corrected chi connectivity index (χ4v) is 7.66. The van der Waals surface area contributed by atoms with Gasteiger partial charge in [-0.2, -0.15) is 0 Å². The highest BCUT2D eigenvalue weighted by molar-refractivity contribution is 5.69. The number of benzene rings is 1. The molecule has 0 radical (unpaired) electrons. The van der Waals surface area contributed by atoms with Gasteiger partial charge in [-0.15, -0.1) is 0 Å². The molecule has 4 nitrogen and oxygen atoms in total. The van der Waals surface area contributed by atoms with Crippen molar-refractivity contribution in [1.29, 1.82) is 0 Å². The Labute approximate surface area is 170 Å². The van der Waals surface area contributed by atoms with Crippen LogP contribution in [0.2, 0.25) is 0 Å². The van der Waals surface area contributed by atoms with E-state index in [1.165, 1.54) is 6.07 Å². The summed E-state index contributed by atoms with van der Waals surface area (Å²) in [6, 6.07) is 4.96. The van der Waals surface area contributed by atoms with Crippen molar-refractivity contribution in [2.45, 2.75) is 69.6 Å². The van der Waals surface area contributed by atoms with E-state index >= 15 is 0 Å². The zero-order valence-electron chi connectivity index (χ0n) is 17.1. The summed E-state index contributed by atoms with van der Waals surface area (Å²) in [5, 5.41) is 23.0. The highest BCUT2D eigenvalue weighted by atomic mass is 19.1. The molecule has 2 N–H and O–H groups in total. The molecule has 5 aliphatic rings. The first-order valence-corrected chi connectivity index (χ1v) is 11.0. The molecular weight excluding hydrogens is 367 g/mol. The van der Waals surface area contributed by atoms with Crippen LogP contribution < -0.4 is 0 Å². The molecule has 2 aromatic rings. The van der Waals surface area contributed by atoms with Crippen molar-refractivity contribution in [2.24, 2.45) is 23.2 Å². The maximum Gasteiger partial charge on any atom is 0.129 e. The van der Waals surface area contributed by atoms with Crippen LogP contribution in [0.3, 0.4) is 0 Å². The van der Waals surface area contributed by atoms with Crippen LogP contribution in [-0.4, -0.2) is 31.0 Å². The van der Waals surface area contributed by atoms with E-state index < -0.39 is 11.2 Å². The molecule has 29 heavy (non-hydrogen) atoms. The molecule has 4 aliphatic carbocycles. The predicted octanol–water partition coefficient (Wildman–Crippen LogP) is 4.31. The van der Waals surface area contributed by atoms with Gasteiger partial charge in [-0.1, -0.05) is 12.1 Å². The van der Waals surface area contributed by atoms with Gasteiger partial charge in [0.05, 0.1) is 35.5 Å². The Morgan fingerprint density at radius 3 is 2.69 bits per heavy atom. The quantitative estimate of drug-likeness (QED) is 0.813. The third kappa shape index (κ3) is 2.23. The summed E-state index contributed by atoms with van der Waals surface area (Å²) in [6.45, 7) is 3.97. The smallest absolute Gasteiger partial charge is 0.129 e. The summed E-state index contributed by atoms with van der Waals surface area (Å²) in [6.07, 6.45) is 8.94. The number of fused-ring (bicyclic) bond motifs is 3. The number of aromatic nitrogens is 2. The first-order valence-electron chi connectivity index (χ1n) is 11.0. The lowest BCUT2D eigenvalue weighted by atomic mass is 9.41. The predicted molar refractivity (Wildman–Crippen MR) is 108 cm³/mol. The van der Waals surface area contributed by atoms with E-state index in [0.717, 1.165) is 43.4 Å². The van der Waals surface area contributed by atoms with Crippen molar-refractivity contribution >= 4 is 0 Å². The van der Waals surface area contributed by atoms with Gasteiger partial charge in [0.25, 0.3) is 0 Å². The number of hydrogen-bond donors (Lipinski definition) is 2. The van der Waals surface area contributed by atoms with Crippen LogP contribution in [0.5, 0.6) is 0 Å². The summed E-state index contributed by atoms with van der Waals surface area (Å²) in [5.41, 5.74) is 0.753. The van der Waals surface area contributed by atoms with Gasteiger partial charge in [-0.25, -0.2) is 9.37 Å². The second-order valence-corrected chi connectivity index (χ2v) is 10.7. The van der Waals surface area contributed by atoms with Gasteiger partial charge >= 0.3 is 0 Å². The van der Waals surface area contributed by atoms with Gasteiger partial charge < -0.3 is 14.8 Å². The van der Waals surface area contributed by atoms with Gasteiger partial charge in [0.2, 0.25) is 0 Å². The second kappa shape index (κ2) is 5.50. The molecule has 154 valence electrons. The average Bonchev–Trinajstić information content (AvgIpc) is 3.23. The van der Waals surface area contributed by atoms with E-state index in [2.05, 4.69) is 4.98 Å². The summed E-state index contributed by atoms with van der Waals surface area (Å²) in [5.74, 6) is 0.907. The van der Waals surface area contributed by atoms with E-state index in [1.54, 1.807) is 18.6 Å². The minimum atomic E-state index is -0.935. The summed E-state index contributed by atoms with van der Waals surface area (Å²) in [7, 11) is 0. The molecule has 2 heterocycles. The van der Waals surface area contributed by atoms with Crippen molar-refractivity contribution in [1.82, 2.24) is 9.55 Å². The Morgan fingerprint density at radius 1 is 1.24 bits per heavy atom. The fourth-order valence-electron chi connectivity index (χ4n) is 7.66. The van der Waals surface area contributed by atoms with Gasteiger partial charge in [-0.3, -0.25) is 0 Å². The lowest BCUT2D eigenvalue weighted by Gasteiger charge is -2.66. The molecule has 1 aliphatic heterocycles. The van der Waals surface area contributed by atoms with Crippen molar-refractivity contribution < 1.29 is 14.6 Å². The molecule has 5 heteroatoms. The molecule has 4 unspecified atom stereocenters. The number of halogens is 1. The Kier molecular flexibility index (Phi) is 3.43. The molecule has 1 aromatic heterocycles. The van der Waals surface area contributed by atoms with Crippen LogP contribution in [0, 0.1) is 29.0 Å². The number of rotatable bonds is 3. The maximum absolute atomic E-state index is 14.9. The Morgan fingerprint density at radius 2 is 1.97 bits per heavy atom. The van der Waals surface area contributed by atoms with Crippen LogP contribution in [0.25, 0.3) is 11.3 Å². The SMILES string of the molecule is CC1(O)C2CC3CC1CC(C(C)(O)CC1c4c(F)cccc4-c4cncn41)(C3)C2. The standard InChI is InChI=1S/C24H29FN2O2/c1-22(28,24-8-14-6-15(9-24)23(2,29)16(7-14)10-24)11-19-21-17(4-3-5-18(21)25)20-12-26-13-27(19)20/h3-5,12-16,19,28-29H,6-11H2,1-2H3. The number of aliphatic hydroxyl groups is 2. The van der Waals surface area contributed by atoms with Crippen molar-refractivity contribution in [3.8, 4) is 11.3 Å². The third-order valence-electron chi connectivity index (χ3n) is 9.24. The highest BCUT2D eigenvalue weighted by Crippen LogP contribution is 2.67. The zero-order valence-corrected chi connectivity index (χ0v) is 17.1. The summed E-state index contributed by atoms with van der Waals surface area (Å²) in [4.78, 5) is 4.29. The van der Waals surface area contributed by atoms with Crippen LogP contribution in [-0.2, 0) is 0 Å². The minimum absolute atomic E-state index is 0.194. The largest absolute Gasteiger partial charge is 0.390 e. The second-order valence-electron chi connectivity index (χ2n) is 10.7. The maximum atomic E-state index is 14.9. The Balaban J connectivity index is 1.39. The van der Waals surface area contributed by atoms with E-state index in [-0.39, 0.29) is 29.1 Å². The Hall–Kier alpha value is -1.72. The lowest BCUT2D eigenvalue weighted by Crippen LogP contribution is -2.65. The van der Waals surface area contributed by atoms with Gasteiger partial charge in [0.15, 0.2) is 0 Å². The average molecular weight is 397 g/mol. The molecular formula is C24H29FN2O2. The number of hydrogen-bond acceptors (Lipinski definition) is 3. The number of nitrogens with zero attached hydrogens (tertiary/aromatic N) is 2. The van der Waals surface area contributed by atoms with E-state index in [4.69, 9.17) is 0 Å².